The molecule has 0 radical (unpaired) electrons. The van der Waals surface area contributed by atoms with Crippen molar-refractivity contribution >= 4 is 86.2 Å². The first-order valence-corrected chi connectivity index (χ1v) is 11.5. The van der Waals surface area contributed by atoms with E-state index in [4.69, 9.17) is 47.0 Å². The Morgan fingerprint density at radius 2 is 1.66 bits per heavy atom. The second-order valence-corrected chi connectivity index (χ2v) is 9.43. The highest BCUT2D eigenvalue weighted by atomic mass is 35.5. The number of aromatic hydroxyl groups is 1. The van der Waals surface area contributed by atoms with Gasteiger partial charge in [-0.2, -0.15) is 0 Å². The number of rotatable bonds is 4. The molecule has 162 valence electrons. The van der Waals surface area contributed by atoms with Crippen LogP contribution in [0, 0.1) is 0 Å². The molecule has 3 aromatic carbocycles. The van der Waals surface area contributed by atoms with Crippen LogP contribution in [0.25, 0.3) is 10.9 Å². The number of benzene rings is 3. The van der Waals surface area contributed by atoms with Crippen LogP contribution < -0.4 is 16.2 Å². The van der Waals surface area contributed by atoms with E-state index in [9.17, 15) is 9.90 Å². The van der Waals surface area contributed by atoms with Gasteiger partial charge in [-0.1, -0.05) is 52.6 Å². The molecule has 4 aromatic rings. The first-order chi connectivity index (χ1) is 15.3. The molecular weight excluding hydrogens is 509 g/mol. The SMILES string of the molecule is O=c1[nH]c2cc(Cl)cc(Cl)c2c(O)c1Sc1ccc(NC(=S)Nc2cccc(Cl)c2)cc1. The van der Waals surface area contributed by atoms with Crippen molar-refractivity contribution in [1.29, 1.82) is 0 Å². The van der Waals surface area contributed by atoms with E-state index < -0.39 is 5.56 Å². The summed E-state index contributed by atoms with van der Waals surface area (Å²) in [7, 11) is 0. The molecule has 0 aliphatic rings. The number of anilines is 2. The quantitative estimate of drug-likeness (QED) is 0.213. The lowest BCUT2D eigenvalue weighted by atomic mass is 10.2. The first-order valence-electron chi connectivity index (χ1n) is 9.15. The molecule has 1 heterocycles. The Kier molecular flexibility index (Phi) is 6.83. The maximum absolute atomic E-state index is 12.5. The van der Waals surface area contributed by atoms with E-state index in [2.05, 4.69) is 15.6 Å². The summed E-state index contributed by atoms with van der Waals surface area (Å²) in [4.78, 5) is 16.1. The van der Waals surface area contributed by atoms with Crippen molar-refractivity contribution in [2.75, 3.05) is 10.6 Å². The summed E-state index contributed by atoms with van der Waals surface area (Å²) in [6.45, 7) is 0. The van der Waals surface area contributed by atoms with E-state index in [0.29, 0.717) is 26.1 Å². The molecule has 0 bridgehead atoms. The largest absolute Gasteiger partial charge is 0.506 e. The third-order valence-electron chi connectivity index (χ3n) is 4.38. The number of thiocarbonyl (C=S) groups is 1. The summed E-state index contributed by atoms with van der Waals surface area (Å²) in [5, 5.41) is 18.8. The Labute approximate surface area is 207 Å². The van der Waals surface area contributed by atoms with Gasteiger partial charge in [0.1, 0.15) is 10.6 Å². The number of fused-ring (bicyclic) bond motifs is 1. The molecule has 0 fully saturated rings. The van der Waals surface area contributed by atoms with Crippen molar-refractivity contribution in [2.45, 2.75) is 9.79 Å². The highest BCUT2D eigenvalue weighted by molar-refractivity contribution is 7.99. The van der Waals surface area contributed by atoms with Crippen LogP contribution in [0.4, 0.5) is 11.4 Å². The minimum absolute atomic E-state index is 0.139. The lowest BCUT2D eigenvalue weighted by Gasteiger charge is -2.12. The number of H-pyrrole nitrogens is 1. The van der Waals surface area contributed by atoms with Crippen molar-refractivity contribution < 1.29 is 5.11 Å². The van der Waals surface area contributed by atoms with Crippen LogP contribution in [0.15, 0.2) is 75.2 Å². The fourth-order valence-corrected chi connectivity index (χ4v) is 4.85. The third-order valence-corrected chi connectivity index (χ3v) is 6.42. The molecular formula is C22H14Cl3N3O2S2. The zero-order chi connectivity index (χ0) is 22.8. The third kappa shape index (κ3) is 5.14. The molecule has 4 rings (SSSR count). The van der Waals surface area contributed by atoms with Gasteiger partial charge >= 0.3 is 0 Å². The lowest BCUT2D eigenvalue weighted by Crippen LogP contribution is -2.18. The van der Waals surface area contributed by atoms with Crippen molar-refractivity contribution in [3.8, 4) is 5.75 Å². The molecule has 0 aliphatic heterocycles. The van der Waals surface area contributed by atoms with Gasteiger partial charge in [0.15, 0.2) is 5.11 Å². The first kappa shape index (κ1) is 22.8. The average Bonchev–Trinajstić information content (AvgIpc) is 2.71. The molecule has 0 aliphatic carbocycles. The van der Waals surface area contributed by atoms with Gasteiger partial charge in [-0.3, -0.25) is 4.79 Å². The number of halogens is 3. The molecule has 0 unspecified atom stereocenters. The highest BCUT2D eigenvalue weighted by Gasteiger charge is 2.16. The second-order valence-electron chi connectivity index (χ2n) is 6.66. The van der Waals surface area contributed by atoms with Gasteiger partial charge in [-0.15, -0.1) is 0 Å². The van der Waals surface area contributed by atoms with E-state index in [1.165, 1.54) is 6.07 Å². The summed E-state index contributed by atoms with van der Waals surface area (Å²) in [5.41, 5.74) is 1.46. The molecule has 0 saturated heterocycles. The van der Waals surface area contributed by atoms with Gasteiger partial charge in [0.2, 0.25) is 0 Å². The van der Waals surface area contributed by atoms with Crippen LogP contribution in [0.3, 0.4) is 0 Å². The molecule has 0 amide bonds. The maximum atomic E-state index is 12.5. The number of pyridine rings is 1. The van der Waals surface area contributed by atoms with E-state index in [-0.39, 0.29) is 15.7 Å². The van der Waals surface area contributed by atoms with Crippen LogP contribution in [0.2, 0.25) is 15.1 Å². The van der Waals surface area contributed by atoms with Crippen molar-refractivity contribution in [3.63, 3.8) is 0 Å². The molecule has 10 heteroatoms. The average molecular weight is 523 g/mol. The summed E-state index contributed by atoms with van der Waals surface area (Å²) < 4.78 is 0. The topological polar surface area (TPSA) is 77.2 Å². The summed E-state index contributed by atoms with van der Waals surface area (Å²) >= 11 is 24.6. The number of hydrogen-bond donors (Lipinski definition) is 4. The standard InChI is InChI=1S/C22H14Cl3N3O2S2/c23-11-2-1-3-14(8-11)27-22(31)26-13-4-6-15(7-5-13)32-20-19(29)18-16(25)9-12(24)10-17(18)28-21(20)30/h1-10H,(H2,26,27,31)(H2,28,29,30). The minimum Gasteiger partial charge on any atom is -0.506 e. The smallest absolute Gasteiger partial charge is 0.266 e. The Morgan fingerprint density at radius 3 is 2.38 bits per heavy atom. The summed E-state index contributed by atoms with van der Waals surface area (Å²) in [6.07, 6.45) is 0. The van der Waals surface area contributed by atoms with Crippen LogP contribution in [0.1, 0.15) is 0 Å². The van der Waals surface area contributed by atoms with Gasteiger partial charge < -0.3 is 20.7 Å². The van der Waals surface area contributed by atoms with E-state index in [1.54, 1.807) is 18.2 Å². The molecule has 32 heavy (non-hydrogen) atoms. The summed E-state index contributed by atoms with van der Waals surface area (Å²) in [5.74, 6) is -0.190. The van der Waals surface area contributed by atoms with Crippen LogP contribution in [0.5, 0.6) is 5.75 Å². The lowest BCUT2D eigenvalue weighted by molar-refractivity contribution is 0.467. The predicted molar refractivity (Wildman–Crippen MR) is 138 cm³/mol. The van der Waals surface area contributed by atoms with Gasteiger partial charge in [0, 0.05) is 26.3 Å². The molecule has 4 N–H and O–H groups in total. The fourth-order valence-electron chi connectivity index (χ4n) is 2.99. The second kappa shape index (κ2) is 9.60. The molecule has 0 spiro atoms. The van der Waals surface area contributed by atoms with Gasteiger partial charge in [0.05, 0.1) is 15.9 Å². The Balaban J connectivity index is 1.51. The van der Waals surface area contributed by atoms with Gasteiger partial charge in [0.25, 0.3) is 5.56 Å². The monoisotopic (exact) mass is 521 g/mol. The number of aromatic amines is 1. The van der Waals surface area contributed by atoms with E-state index in [1.807, 2.05) is 36.4 Å². The Hall–Kier alpha value is -2.42. The Bertz CT molecular complexity index is 1390. The van der Waals surface area contributed by atoms with Crippen molar-refractivity contribution in [3.05, 3.63) is 86.1 Å². The van der Waals surface area contributed by atoms with Gasteiger partial charge in [-0.25, -0.2) is 0 Å². The van der Waals surface area contributed by atoms with Crippen molar-refractivity contribution in [1.82, 2.24) is 4.98 Å². The van der Waals surface area contributed by atoms with Crippen LogP contribution in [-0.4, -0.2) is 15.2 Å². The van der Waals surface area contributed by atoms with Gasteiger partial charge in [-0.05, 0) is 66.8 Å². The Morgan fingerprint density at radius 1 is 0.938 bits per heavy atom. The minimum atomic E-state index is -0.438. The maximum Gasteiger partial charge on any atom is 0.266 e. The molecule has 1 aromatic heterocycles. The number of hydrogen-bond acceptors (Lipinski definition) is 4. The molecule has 5 nitrogen and oxygen atoms in total. The zero-order valence-electron chi connectivity index (χ0n) is 16.1. The van der Waals surface area contributed by atoms with Crippen LogP contribution >= 0.6 is 58.8 Å². The predicted octanol–water partition coefficient (Wildman–Crippen LogP) is 7.15. The number of nitrogens with one attached hydrogen (secondary N) is 3. The van der Waals surface area contributed by atoms with Crippen LogP contribution in [-0.2, 0) is 0 Å². The number of aromatic nitrogens is 1. The van der Waals surface area contributed by atoms with E-state index >= 15 is 0 Å². The zero-order valence-corrected chi connectivity index (χ0v) is 20.0. The molecule has 0 saturated carbocycles. The fraction of sp³-hybridized carbons (Fsp3) is 0. The highest BCUT2D eigenvalue weighted by Crippen LogP contribution is 2.39. The summed E-state index contributed by atoms with van der Waals surface area (Å²) in [6, 6.07) is 17.5. The van der Waals surface area contributed by atoms with Crippen molar-refractivity contribution in [2.24, 2.45) is 0 Å². The normalized spacial score (nSPS) is 10.8. The van der Waals surface area contributed by atoms with E-state index in [0.717, 1.165) is 28.0 Å². The molecule has 0 atom stereocenters.